The molecular formula is C21H23N7O4S. The monoisotopic (exact) mass is 469 g/mol. The van der Waals surface area contributed by atoms with Gasteiger partial charge in [0, 0.05) is 19.0 Å². The van der Waals surface area contributed by atoms with E-state index in [2.05, 4.69) is 15.0 Å². The summed E-state index contributed by atoms with van der Waals surface area (Å²) in [5.74, 6) is -0.0794. The predicted octanol–water partition coefficient (Wildman–Crippen LogP) is 1.03. The predicted molar refractivity (Wildman–Crippen MR) is 123 cm³/mol. The summed E-state index contributed by atoms with van der Waals surface area (Å²) >= 11 is 1.62. The van der Waals surface area contributed by atoms with E-state index in [0.29, 0.717) is 5.82 Å². The molecule has 4 aromatic heterocycles. The second-order valence-corrected chi connectivity index (χ2v) is 9.27. The van der Waals surface area contributed by atoms with Crippen LogP contribution < -0.4 is 17.0 Å². The van der Waals surface area contributed by atoms with Crippen LogP contribution in [0, 0.1) is 0 Å². The van der Waals surface area contributed by atoms with Crippen LogP contribution in [-0.2, 0) is 49.6 Å². The maximum atomic E-state index is 12.7. The van der Waals surface area contributed by atoms with Crippen LogP contribution in [0.1, 0.15) is 35.5 Å². The van der Waals surface area contributed by atoms with E-state index in [1.807, 2.05) is 0 Å². The first kappa shape index (κ1) is 21.3. The summed E-state index contributed by atoms with van der Waals surface area (Å²) in [7, 11) is 3.14. The standard InChI is InChI=1S/C21H23N7O4S/c1-26-10-23-18-16(26)20(30)28(21(31)27(18)2)8-14(29)32-9-13-24-17(22)15-11-6-4-3-5-7-12(11)33-19(15)25-13/h10H,3-9H2,1-2H3,(H2,22,24,25). The zero-order chi connectivity index (χ0) is 23.3. The molecule has 0 aromatic carbocycles. The van der Waals surface area contributed by atoms with E-state index >= 15 is 0 Å². The summed E-state index contributed by atoms with van der Waals surface area (Å²) in [5, 5.41) is 0.909. The number of aryl methyl sites for hydroxylation is 4. The Morgan fingerprint density at radius 2 is 1.97 bits per heavy atom. The minimum Gasteiger partial charge on any atom is -0.456 e. The number of nitrogens with zero attached hydrogens (tertiary/aromatic N) is 6. The molecule has 0 saturated carbocycles. The summed E-state index contributed by atoms with van der Waals surface area (Å²) < 4.78 is 8.85. The van der Waals surface area contributed by atoms with Crippen molar-refractivity contribution < 1.29 is 9.53 Å². The molecule has 172 valence electrons. The summed E-state index contributed by atoms with van der Waals surface area (Å²) in [6.07, 6.45) is 6.92. The van der Waals surface area contributed by atoms with Crippen LogP contribution in [0.5, 0.6) is 0 Å². The number of ether oxygens (including phenoxy) is 1. The van der Waals surface area contributed by atoms with Crippen molar-refractivity contribution in [2.45, 2.75) is 45.3 Å². The van der Waals surface area contributed by atoms with Gasteiger partial charge in [0.15, 0.2) is 23.6 Å². The highest BCUT2D eigenvalue weighted by Crippen LogP contribution is 2.37. The lowest BCUT2D eigenvalue weighted by Gasteiger charge is -2.09. The lowest BCUT2D eigenvalue weighted by atomic mass is 10.1. The zero-order valence-electron chi connectivity index (χ0n) is 18.3. The van der Waals surface area contributed by atoms with Crippen LogP contribution >= 0.6 is 11.3 Å². The van der Waals surface area contributed by atoms with Crippen molar-refractivity contribution in [3.8, 4) is 0 Å². The summed E-state index contributed by atoms with van der Waals surface area (Å²) in [4.78, 5) is 52.8. The van der Waals surface area contributed by atoms with Crippen LogP contribution in [-0.4, -0.2) is 34.6 Å². The Bertz CT molecular complexity index is 1530. The number of carbonyl (C=O) groups excluding carboxylic acids is 1. The van der Waals surface area contributed by atoms with E-state index in [1.165, 1.54) is 39.4 Å². The molecule has 0 radical (unpaired) electrons. The summed E-state index contributed by atoms with van der Waals surface area (Å²) in [6.45, 7) is -0.734. The van der Waals surface area contributed by atoms with Gasteiger partial charge in [-0.3, -0.25) is 14.2 Å². The normalized spacial score (nSPS) is 13.9. The quantitative estimate of drug-likeness (QED) is 0.345. The van der Waals surface area contributed by atoms with Crippen LogP contribution in [0.15, 0.2) is 15.9 Å². The number of hydrogen-bond donors (Lipinski definition) is 1. The lowest BCUT2D eigenvalue weighted by Crippen LogP contribution is -2.41. The molecule has 0 atom stereocenters. The van der Waals surface area contributed by atoms with Gasteiger partial charge in [-0.2, -0.15) is 0 Å². The highest BCUT2D eigenvalue weighted by Gasteiger charge is 2.21. The van der Waals surface area contributed by atoms with Gasteiger partial charge in [0.2, 0.25) is 0 Å². The molecule has 33 heavy (non-hydrogen) atoms. The molecule has 1 aliphatic carbocycles. The van der Waals surface area contributed by atoms with Crippen molar-refractivity contribution in [3.05, 3.63) is 43.4 Å². The van der Waals surface area contributed by atoms with E-state index in [4.69, 9.17) is 10.5 Å². The van der Waals surface area contributed by atoms with Crippen molar-refractivity contribution >= 4 is 44.5 Å². The Morgan fingerprint density at radius 3 is 2.79 bits per heavy atom. The molecular weight excluding hydrogens is 446 g/mol. The molecule has 0 amide bonds. The number of nitrogens with two attached hydrogens (primary N) is 1. The first-order valence-corrected chi connectivity index (χ1v) is 11.5. The van der Waals surface area contributed by atoms with Gasteiger partial charge in [0.25, 0.3) is 5.56 Å². The highest BCUT2D eigenvalue weighted by atomic mass is 32.1. The van der Waals surface area contributed by atoms with E-state index in [-0.39, 0.29) is 23.6 Å². The fourth-order valence-corrected chi connectivity index (χ4v) is 5.62. The van der Waals surface area contributed by atoms with Crippen LogP contribution in [0.25, 0.3) is 21.4 Å². The molecule has 4 heterocycles. The number of aromatic nitrogens is 6. The molecule has 0 bridgehead atoms. The molecule has 12 heteroatoms. The summed E-state index contributed by atoms with van der Waals surface area (Å²) in [5.41, 5.74) is 6.71. The number of fused-ring (bicyclic) bond motifs is 4. The largest absolute Gasteiger partial charge is 0.456 e. The Kier molecular flexibility index (Phi) is 5.23. The first-order valence-electron chi connectivity index (χ1n) is 10.7. The van der Waals surface area contributed by atoms with Crippen molar-refractivity contribution in [2.24, 2.45) is 14.1 Å². The van der Waals surface area contributed by atoms with E-state index in [1.54, 1.807) is 18.4 Å². The van der Waals surface area contributed by atoms with Gasteiger partial charge in [0.05, 0.1) is 11.7 Å². The molecule has 11 nitrogen and oxygen atoms in total. The molecule has 4 aromatic rings. The van der Waals surface area contributed by atoms with Crippen molar-refractivity contribution in [1.29, 1.82) is 0 Å². The third-order valence-electron chi connectivity index (χ3n) is 5.99. The second kappa shape index (κ2) is 8.10. The number of hydrogen-bond acceptors (Lipinski definition) is 9. The van der Waals surface area contributed by atoms with Crippen LogP contribution in [0.4, 0.5) is 5.82 Å². The molecule has 0 aliphatic heterocycles. The van der Waals surface area contributed by atoms with Gasteiger partial charge in [-0.1, -0.05) is 6.42 Å². The number of nitrogen functional groups attached to an aromatic ring is 1. The number of esters is 1. The van der Waals surface area contributed by atoms with E-state index in [9.17, 15) is 14.4 Å². The maximum absolute atomic E-state index is 12.7. The fraction of sp³-hybridized carbons (Fsp3) is 0.429. The molecule has 2 N–H and O–H groups in total. The molecule has 5 rings (SSSR count). The van der Waals surface area contributed by atoms with Gasteiger partial charge in [0.1, 0.15) is 17.2 Å². The topological polar surface area (TPSA) is 140 Å². The fourth-order valence-electron chi connectivity index (χ4n) is 4.33. The number of thiophene rings is 1. The molecule has 0 saturated heterocycles. The smallest absolute Gasteiger partial charge is 0.333 e. The van der Waals surface area contributed by atoms with Gasteiger partial charge in [-0.25, -0.2) is 24.3 Å². The maximum Gasteiger partial charge on any atom is 0.333 e. The van der Waals surface area contributed by atoms with E-state index in [0.717, 1.165) is 40.5 Å². The number of rotatable bonds is 4. The molecule has 0 fully saturated rings. The number of carbonyl (C=O) groups is 1. The Morgan fingerprint density at radius 1 is 1.18 bits per heavy atom. The lowest BCUT2D eigenvalue weighted by molar-refractivity contribution is -0.146. The average Bonchev–Trinajstić information content (AvgIpc) is 3.26. The number of anilines is 1. The highest BCUT2D eigenvalue weighted by molar-refractivity contribution is 7.19. The van der Waals surface area contributed by atoms with E-state index < -0.39 is 23.8 Å². The van der Waals surface area contributed by atoms with Gasteiger partial charge in [-0.05, 0) is 31.2 Å². The Labute approximate surface area is 191 Å². The third-order valence-corrected chi connectivity index (χ3v) is 7.18. The third kappa shape index (κ3) is 3.59. The molecule has 1 aliphatic rings. The second-order valence-electron chi connectivity index (χ2n) is 8.19. The van der Waals surface area contributed by atoms with Crippen LogP contribution in [0.3, 0.4) is 0 Å². The van der Waals surface area contributed by atoms with Crippen LogP contribution in [0.2, 0.25) is 0 Å². The van der Waals surface area contributed by atoms with Crippen molar-refractivity contribution in [2.75, 3.05) is 5.73 Å². The minimum atomic E-state index is -0.750. The van der Waals surface area contributed by atoms with Gasteiger partial charge >= 0.3 is 11.7 Å². The average molecular weight is 470 g/mol. The molecule has 0 unspecified atom stereocenters. The van der Waals surface area contributed by atoms with Gasteiger partial charge in [-0.15, -0.1) is 11.3 Å². The van der Waals surface area contributed by atoms with Gasteiger partial charge < -0.3 is 15.0 Å². The number of imidazole rings is 1. The zero-order valence-corrected chi connectivity index (χ0v) is 19.1. The minimum absolute atomic E-state index is 0.204. The molecule has 0 spiro atoms. The summed E-state index contributed by atoms with van der Waals surface area (Å²) in [6, 6.07) is 0. The SMILES string of the molecule is Cn1cnc2c1c(=O)n(CC(=O)OCc1nc(N)c3c4c(sc3n1)CCCCC4)c(=O)n2C. The van der Waals surface area contributed by atoms with Crippen molar-refractivity contribution in [3.63, 3.8) is 0 Å². The Hall–Kier alpha value is -3.54. The van der Waals surface area contributed by atoms with Crippen molar-refractivity contribution in [1.82, 2.24) is 28.7 Å². The Balaban J connectivity index is 1.37. The first-order chi connectivity index (χ1) is 15.8.